The van der Waals surface area contributed by atoms with E-state index in [4.69, 9.17) is 5.73 Å². The lowest BCUT2D eigenvalue weighted by Gasteiger charge is -2.02. The number of nitrogen functional groups attached to an aromatic ring is 1. The number of hydrogen-bond donors (Lipinski definition) is 3. The molecular weight excluding hydrogens is 212 g/mol. The number of aromatic nitrogens is 4. The fourth-order valence-corrected chi connectivity index (χ4v) is 1.89. The van der Waals surface area contributed by atoms with Gasteiger partial charge in [0.05, 0.1) is 0 Å². The summed E-state index contributed by atoms with van der Waals surface area (Å²) in [6.45, 7) is 2.74. The minimum absolute atomic E-state index is 0.599. The number of nitrogens with two attached hydrogens (primary N) is 1. The van der Waals surface area contributed by atoms with Crippen LogP contribution in [0.4, 0.5) is 10.8 Å². The molecule has 0 saturated carbocycles. The van der Waals surface area contributed by atoms with Crippen LogP contribution in [0.2, 0.25) is 0 Å². The second kappa shape index (κ2) is 4.26. The number of anilines is 2. The summed E-state index contributed by atoms with van der Waals surface area (Å²) in [5.74, 6) is 1.47. The molecule has 2 heterocycles. The maximum absolute atomic E-state index is 5.64. The van der Waals surface area contributed by atoms with Gasteiger partial charge in [-0.2, -0.15) is 9.47 Å². The van der Waals surface area contributed by atoms with Gasteiger partial charge < -0.3 is 11.1 Å². The van der Waals surface area contributed by atoms with Crippen LogP contribution in [-0.4, -0.2) is 26.1 Å². The first kappa shape index (κ1) is 9.91. The molecule has 2 aromatic heterocycles. The van der Waals surface area contributed by atoms with Crippen molar-refractivity contribution in [1.29, 1.82) is 0 Å². The Hall–Kier alpha value is -1.63. The summed E-state index contributed by atoms with van der Waals surface area (Å²) in [5.41, 5.74) is 6.65. The van der Waals surface area contributed by atoms with Crippen molar-refractivity contribution in [2.75, 3.05) is 17.6 Å². The second-order valence-electron chi connectivity index (χ2n) is 3.13. The van der Waals surface area contributed by atoms with E-state index < -0.39 is 0 Å². The molecule has 2 rings (SSSR count). The van der Waals surface area contributed by atoms with E-state index in [0.29, 0.717) is 5.82 Å². The summed E-state index contributed by atoms with van der Waals surface area (Å²) < 4.78 is 4.05. The van der Waals surface area contributed by atoms with E-state index in [1.807, 2.05) is 6.92 Å². The SMILES string of the molecule is Cc1c(N)nsc1NCCc1ncn[nH]1. The third-order valence-corrected chi connectivity index (χ3v) is 2.99. The molecule has 0 aliphatic heterocycles. The van der Waals surface area contributed by atoms with Crippen LogP contribution in [0.1, 0.15) is 11.4 Å². The van der Waals surface area contributed by atoms with Crippen molar-refractivity contribution >= 4 is 22.4 Å². The van der Waals surface area contributed by atoms with Crippen LogP contribution >= 0.6 is 11.5 Å². The highest BCUT2D eigenvalue weighted by atomic mass is 32.1. The molecule has 4 N–H and O–H groups in total. The number of hydrogen-bond acceptors (Lipinski definition) is 6. The average molecular weight is 224 g/mol. The lowest BCUT2D eigenvalue weighted by molar-refractivity contribution is 0.902. The Morgan fingerprint density at radius 3 is 3.07 bits per heavy atom. The van der Waals surface area contributed by atoms with E-state index in [2.05, 4.69) is 24.9 Å². The van der Waals surface area contributed by atoms with Gasteiger partial charge in [-0.15, -0.1) is 0 Å². The zero-order valence-corrected chi connectivity index (χ0v) is 9.14. The Morgan fingerprint density at radius 2 is 2.47 bits per heavy atom. The summed E-state index contributed by atoms with van der Waals surface area (Å²) >= 11 is 1.38. The molecule has 7 heteroatoms. The topological polar surface area (TPSA) is 92.5 Å². The average Bonchev–Trinajstić information content (AvgIpc) is 2.83. The van der Waals surface area contributed by atoms with Crippen molar-refractivity contribution in [3.05, 3.63) is 17.7 Å². The van der Waals surface area contributed by atoms with Gasteiger partial charge in [-0.1, -0.05) is 0 Å². The van der Waals surface area contributed by atoms with Crippen LogP contribution in [0.15, 0.2) is 6.33 Å². The predicted molar refractivity (Wildman–Crippen MR) is 59.8 cm³/mol. The molecule has 0 spiro atoms. The van der Waals surface area contributed by atoms with Crippen LogP contribution in [-0.2, 0) is 6.42 Å². The zero-order chi connectivity index (χ0) is 10.7. The third-order valence-electron chi connectivity index (χ3n) is 2.07. The molecular formula is C8H12N6S. The van der Waals surface area contributed by atoms with Crippen LogP contribution in [0.25, 0.3) is 0 Å². The molecule has 0 unspecified atom stereocenters. The molecule has 15 heavy (non-hydrogen) atoms. The van der Waals surface area contributed by atoms with Crippen molar-refractivity contribution < 1.29 is 0 Å². The largest absolute Gasteiger partial charge is 0.383 e. The summed E-state index contributed by atoms with van der Waals surface area (Å²) in [5, 5.41) is 10.9. The minimum Gasteiger partial charge on any atom is -0.383 e. The minimum atomic E-state index is 0.599. The van der Waals surface area contributed by atoms with E-state index in [-0.39, 0.29) is 0 Å². The van der Waals surface area contributed by atoms with Gasteiger partial charge in [-0.25, -0.2) is 4.98 Å². The van der Waals surface area contributed by atoms with Gasteiger partial charge in [0.15, 0.2) is 0 Å². The maximum Gasteiger partial charge on any atom is 0.142 e. The summed E-state index contributed by atoms with van der Waals surface area (Å²) in [6.07, 6.45) is 2.31. The quantitative estimate of drug-likeness (QED) is 0.714. The number of nitrogens with zero attached hydrogens (tertiary/aromatic N) is 3. The van der Waals surface area contributed by atoms with Crippen molar-refractivity contribution in [3.63, 3.8) is 0 Å². The smallest absolute Gasteiger partial charge is 0.142 e. The number of rotatable bonds is 4. The van der Waals surface area contributed by atoms with Crippen LogP contribution in [0, 0.1) is 6.92 Å². The Morgan fingerprint density at radius 1 is 1.60 bits per heavy atom. The predicted octanol–water partition coefficient (Wildman–Crippen LogP) is 0.806. The summed E-state index contributed by atoms with van der Waals surface area (Å²) in [6, 6.07) is 0. The summed E-state index contributed by atoms with van der Waals surface area (Å²) in [7, 11) is 0. The molecule has 2 aromatic rings. The van der Waals surface area contributed by atoms with Crippen molar-refractivity contribution in [1.82, 2.24) is 19.6 Å². The van der Waals surface area contributed by atoms with Crippen molar-refractivity contribution in [3.8, 4) is 0 Å². The number of aromatic amines is 1. The monoisotopic (exact) mass is 224 g/mol. The molecule has 0 aromatic carbocycles. The molecule has 80 valence electrons. The fourth-order valence-electron chi connectivity index (χ4n) is 1.16. The lowest BCUT2D eigenvalue weighted by atomic mass is 10.3. The van der Waals surface area contributed by atoms with E-state index in [0.717, 1.165) is 29.4 Å². The van der Waals surface area contributed by atoms with Crippen molar-refractivity contribution in [2.24, 2.45) is 0 Å². The highest BCUT2D eigenvalue weighted by Crippen LogP contribution is 2.24. The van der Waals surface area contributed by atoms with Gasteiger partial charge in [0, 0.05) is 18.5 Å². The van der Waals surface area contributed by atoms with E-state index in [1.165, 1.54) is 17.9 Å². The molecule has 0 aliphatic carbocycles. The Balaban J connectivity index is 1.86. The highest BCUT2D eigenvalue weighted by molar-refractivity contribution is 7.10. The first-order valence-electron chi connectivity index (χ1n) is 4.57. The van der Waals surface area contributed by atoms with E-state index >= 15 is 0 Å². The van der Waals surface area contributed by atoms with Crippen LogP contribution in [0.5, 0.6) is 0 Å². The normalized spacial score (nSPS) is 10.5. The second-order valence-corrected chi connectivity index (χ2v) is 3.90. The Kier molecular flexibility index (Phi) is 2.82. The molecule has 0 aliphatic rings. The molecule has 0 fully saturated rings. The first-order chi connectivity index (χ1) is 7.27. The van der Waals surface area contributed by atoms with Crippen LogP contribution in [0.3, 0.4) is 0 Å². The van der Waals surface area contributed by atoms with E-state index in [1.54, 1.807) is 0 Å². The van der Waals surface area contributed by atoms with Gasteiger partial charge in [-0.05, 0) is 18.5 Å². The fraction of sp³-hybridized carbons (Fsp3) is 0.375. The van der Waals surface area contributed by atoms with E-state index in [9.17, 15) is 0 Å². The van der Waals surface area contributed by atoms with Gasteiger partial charge in [0.2, 0.25) is 0 Å². The third kappa shape index (κ3) is 2.24. The zero-order valence-electron chi connectivity index (χ0n) is 8.32. The number of nitrogens with one attached hydrogen (secondary N) is 2. The van der Waals surface area contributed by atoms with Crippen LogP contribution < -0.4 is 11.1 Å². The van der Waals surface area contributed by atoms with Gasteiger partial charge in [0.1, 0.15) is 23.0 Å². The molecule has 0 bridgehead atoms. The Bertz CT molecular complexity index is 420. The first-order valence-corrected chi connectivity index (χ1v) is 5.34. The van der Waals surface area contributed by atoms with Crippen molar-refractivity contribution in [2.45, 2.75) is 13.3 Å². The maximum atomic E-state index is 5.64. The molecule has 0 atom stereocenters. The molecule has 0 radical (unpaired) electrons. The number of H-pyrrole nitrogens is 1. The van der Waals surface area contributed by atoms with Gasteiger partial charge in [-0.3, -0.25) is 5.10 Å². The van der Waals surface area contributed by atoms with Gasteiger partial charge in [0.25, 0.3) is 0 Å². The molecule has 0 amide bonds. The standard InChI is InChI=1S/C8H12N6S/c1-5-7(9)14-15-8(5)10-3-2-6-11-4-12-13-6/h4,10H,2-3H2,1H3,(H2,9,14)(H,11,12,13). The Labute approximate surface area is 91.1 Å². The highest BCUT2D eigenvalue weighted by Gasteiger charge is 2.05. The van der Waals surface area contributed by atoms with Gasteiger partial charge >= 0.3 is 0 Å². The molecule has 0 saturated heterocycles. The lowest BCUT2D eigenvalue weighted by Crippen LogP contribution is -2.05. The summed E-state index contributed by atoms with van der Waals surface area (Å²) in [4.78, 5) is 4.03. The molecule has 6 nitrogen and oxygen atoms in total.